The third kappa shape index (κ3) is 3.01. The zero-order valence-electron chi connectivity index (χ0n) is 11.2. The Balaban J connectivity index is 2.22. The minimum Gasteiger partial charge on any atom is -0.149 e. The van der Waals surface area contributed by atoms with Crippen molar-refractivity contribution in [2.45, 2.75) is 26.7 Å². The van der Waals surface area contributed by atoms with Crippen LogP contribution in [0.25, 0.3) is 0 Å². The Kier molecular flexibility index (Phi) is 3.87. The van der Waals surface area contributed by atoms with Crippen LogP contribution in [0.5, 0.6) is 0 Å². The molecule has 18 heavy (non-hydrogen) atoms. The molecule has 0 saturated carbocycles. The van der Waals surface area contributed by atoms with Crippen molar-refractivity contribution in [2.75, 3.05) is 0 Å². The Morgan fingerprint density at radius 2 is 1.94 bits per heavy atom. The molecule has 0 amide bonds. The van der Waals surface area contributed by atoms with Crippen LogP contribution < -0.4 is 3.96 Å². The number of aryl methyl sites for hydroxylation is 2. The highest BCUT2D eigenvalue weighted by Crippen LogP contribution is 2.26. The van der Waals surface area contributed by atoms with Gasteiger partial charge in [0.25, 0.3) is 0 Å². The Bertz CT molecular complexity index is 570. The van der Waals surface area contributed by atoms with Gasteiger partial charge in [-0.15, -0.1) is 14.2 Å². The van der Waals surface area contributed by atoms with E-state index in [1.165, 1.54) is 11.1 Å². The topological polar surface area (TPSA) is 28.6 Å². The molecule has 2 rings (SSSR count). The Labute approximate surface area is 112 Å². The molecule has 0 radical (unpaired) electrons. The molecule has 0 atom stereocenters. The summed E-state index contributed by atoms with van der Waals surface area (Å²) in [5, 5.41) is 9.49. The van der Waals surface area contributed by atoms with E-state index in [0.717, 1.165) is 10.7 Å². The zero-order valence-corrected chi connectivity index (χ0v) is 12.0. The number of benzene rings is 1. The zero-order chi connectivity index (χ0) is 13.1. The summed E-state index contributed by atoms with van der Waals surface area (Å²) in [5.41, 5.74) is 3.45. The largest absolute Gasteiger partial charge is 0.208 e. The van der Waals surface area contributed by atoms with Gasteiger partial charge < -0.3 is 0 Å². The fraction of sp³-hybridized carbons (Fsp3) is 0.357. The molecule has 0 fully saturated rings. The first-order valence-electron chi connectivity index (χ1n) is 6.04. The van der Waals surface area contributed by atoms with E-state index in [9.17, 15) is 0 Å². The summed E-state index contributed by atoms with van der Waals surface area (Å²) in [6.07, 6.45) is 1.98. The summed E-state index contributed by atoms with van der Waals surface area (Å²) in [6.45, 7) is 6.47. The second kappa shape index (κ2) is 5.40. The maximum absolute atomic E-state index is 4.31. The molecule has 0 unspecified atom stereocenters. The normalized spacial score (nSPS) is 11.6. The molecule has 0 bridgehead atoms. The molecule has 1 aromatic heterocycles. The number of azo groups is 1. The number of aromatic nitrogens is 1. The van der Waals surface area contributed by atoms with Crippen LogP contribution in [0.15, 0.2) is 40.7 Å². The highest BCUT2D eigenvalue weighted by atomic mass is 32.1. The number of nitrogens with zero attached hydrogens (tertiary/aromatic N) is 3. The van der Waals surface area contributed by atoms with Gasteiger partial charge >= 0.3 is 0 Å². The standard InChI is InChI=1S/C14H18N3S/c1-10(2)12-5-6-13(11(3)9-12)15-16-14-7-8-17(4)18-14/h5-10H,1-4H3/q+1. The lowest BCUT2D eigenvalue weighted by atomic mass is 10.0. The Hall–Kier alpha value is -1.55. The van der Waals surface area contributed by atoms with Crippen molar-refractivity contribution in [1.29, 1.82) is 0 Å². The molecule has 94 valence electrons. The van der Waals surface area contributed by atoms with Crippen LogP contribution in [0.1, 0.15) is 30.9 Å². The molecule has 0 aliphatic heterocycles. The highest BCUT2D eigenvalue weighted by Gasteiger charge is 2.04. The molecule has 0 aliphatic rings. The molecule has 1 aromatic carbocycles. The maximum atomic E-state index is 4.31. The smallest absolute Gasteiger partial charge is 0.149 e. The lowest BCUT2D eigenvalue weighted by molar-refractivity contribution is -0.600. The van der Waals surface area contributed by atoms with E-state index in [2.05, 4.69) is 43.1 Å². The second-order valence-corrected chi connectivity index (χ2v) is 5.87. The van der Waals surface area contributed by atoms with Crippen LogP contribution in [0.4, 0.5) is 10.7 Å². The minimum atomic E-state index is 0.547. The molecule has 0 saturated heterocycles. The minimum absolute atomic E-state index is 0.547. The summed E-state index contributed by atoms with van der Waals surface area (Å²) >= 11 is 1.58. The van der Waals surface area contributed by atoms with E-state index in [-0.39, 0.29) is 0 Å². The summed E-state index contributed by atoms with van der Waals surface area (Å²) in [5.74, 6) is 0.547. The third-order valence-corrected chi connectivity index (χ3v) is 3.62. The molecular formula is C14H18N3S+. The van der Waals surface area contributed by atoms with Crippen LogP contribution in [-0.2, 0) is 7.05 Å². The van der Waals surface area contributed by atoms with E-state index in [1.807, 2.05) is 29.3 Å². The maximum Gasteiger partial charge on any atom is 0.208 e. The average Bonchev–Trinajstić information content (AvgIpc) is 2.73. The van der Waals surface area contributed by atoms with Gasteiger partial charge in [0.2, 0.25) is 5.00 Å². The van der Waals surface area contributed by atoms with Crippen LogP contribution >= 0.6 is 11.5 Å². The fourth-order valence-corrected chi connectivity index (χ4v) is 2.30. The van der Waals surface area contributed by atoms with Crippen LogP contribution in [0.2, 0.25) is 0 Å². The van der Waals surface area contributed by atoms with Gasteiger partial charge in [-0.1, -0.05) is 26.0 Å². The molecule has 2 aromatic rings. The molecular weight excluding hydrogens is 242 g/mol. The number of rotatable bonds is 3. The first-order valence-corrected chi connectivity index (χ1v) is 6.82. The molecule has 4 heteroatoms. The first-order chi connectivity index (χ1) is 8.56. The highest BCUT2D eigenvalue weighted by molar-refractivity contribution is 7.05. The predicted molar refractivity (Wildman–Crippen MR) is 74.9 cm³/mol. The monoisotopic (exact) mass is 260 g/mol. The molecule has 3 nitrogen and oxygen atoms in total. The van der Waals surface area contributed by atoms with E-state index >= 15 is 0 Å². The lowest BCUT2D eigenvalue weighted by Gasteiger charge is -2.07. The SMILES string of the molecule is Cc1cc(C(C)C)ccc1N=Nc1cc[n+](C)s1. The van der Waals surface area contributed by atoms with Gasteiger partial charge in [-0.2, -0.15) is 0 Å². The van der Waals surface area contributed by atoms with Crippen molar-refractivity contribution in [3.05, 3.63) is 41.6 Å². The fourth-order valence-electron chi connectivity index (χ4n) is 1.68. The van der Waals surface area contributed by atoms with E-state index in [0.29, 0.717) is 5.92 Å². The van der Waals surface area contributed by atoms with Gasteiger partial charge in [-0.3, -0.25) is 0 Å². The van der Waals surface area contributed by atoms with Crippen molar-refractivity contribution in [1.82, 2.24) is 0 Å². The van der Waals surface area contributed by atoms with E-state index in [1.54, 1.807) is 11.5 Å². The first kappa shape index (κ1) is 12.9. The van der Waals surface area contributed by atoms with Crippen LogP contribution in [0, 0.1) is 6.92 Å². The summed E-state index contributed by atoms with van der Waals surface area (Å²) < 4.78 is 2.00. The lowest BCUT2D eigenvalue weighted by Crippen LogP contribution is -2.18. The second-order valence-electron chi connectivity index (χ2n) is 4.69. The third-order valence-electron chi connectivity index (χ3n) is 2.81. The quantitative estimate of drug-likeness (QED) is 0.577. The summed E-state index contributed by atoms with van der Waals surface area (Å²) in [4.78, 5) is 0. The molecule has 0 aliphatic carbocycles. The van der Waals surface area contributed by atoms with Crippen molar-refractivity contribution in [3.8, 4) is 0 Å². The van der Waals surface area contributed by atoms with Gasteiger partial charge in [-0.25, -0.2) is 0 Å². The number of hydrogen-bond acceptors (Lipinski definition) is 3. The molecule has 0 N–H and O–H groups in total. The Morgan fingerprint density at radius 1 is 1.17 bits per heavy atom. The van der Waals surface area contributed by atoms with Crippen LogP contribution in [-0.4, -0.2) is 0 Å². The van der Waals surface area contributed by atoms with Crippen LogP contribution in [0.3, 0.4) is 0 Å². The summed E-state index contributed by atoms with van der Waals surface area (Å²) in [6, 6.07) is 8.32. The predicted octanol–water partition coefficient (Wildman–Crippen LogP) is 4.42. The van der Waals surface area contributed by atoms with Gasteiger partial charge in [-0.05, 0) is 30.0 Å². The molecule has 0 spiro atoms. The van der Waals surface area contributed by atoms with Gasteiger partial charge in [0.05, 0.1) is 5.69 Å². The Morgan fingerprint density at radius 3 is 2.50 bits per heavy atom. The molecule has 1 heterocycles. The van der Waals surface area contributed by atoms with Crippen molar-refractivity contribution in [2.24, 2.45) is 17.3 Å². The van der Waals surface area contributed by atoms with Gasteiger partial charge in [0, 0.05) is 6.07 Å². The number of hydrogen-bond donors (Lipinski definition) is 0. The van der Waals surface area contributed by atoms with Crippen molar-refractivity contribution in [3.63, 3.8) is 0 Å². The van der Waals surface area contributed by atoms with Crippen molar-refractivity contribution < 1.29 is 3.96 Å². The summed E-state index contributed by atoms with van der Waals surface area (Å²) in [7, 11) is 1.99. The van der Waals surface area contributed by atoms with E-state index in [4.69, 9.17) is 0 Å². The van der Waals surface area contributed by atoms with Gasteiger partial charge in [0.1, 0.15) is 0 Å². The average molecular weight is 260 g/mol. The van der Waals surface area contributed by atoms with Gasteiger partial charge in [0.15, 0.2) is 24.8 Å². The van der Waals surface area contributed by atoms with Crippen molar-refractivity contribution >= 4 is 22.2 Å². The van der Waals surface area contributed by atoms with E-state index < -0.39 is 0 Å².